The second-order valence-corrected chi connectivity index (χ2v) is 4.31. The van der Waals surface area contributed by atoms with E-state index >= 15 is 0 Å². The van der Waals surface area contributed by atoms with E-state index in [4.69, 9.17) is 44.2 Å². The third-order valence-electron chi connectivity index (χ3n) is 2.34. The van der Waals surface area contributed by atoms with Gasteiger partial charge in [0.25, 0.3) is 0 Å². The van der Waals surface area contributed by atoms with Crippen LogP contribution in [-0.2, 0) is 9.59 Å². The maximum Gasteiger partial charge on any atom is 0.233 e. The van der Waals surface area contributed by atoms with Gasteiger partial charge in [0.15, 0.2) is 0 Å². The standard InChI is InChI=1S/C10Cl2N4O2/c11-9(3-15)7(17)5(1-13)6(2-14)8(18)10(9,12)4-16. The van der Waals surface area contributed by atoms with Crippen molar-refractivity contribution in [2.75, 3.05) is 0 Å². The summed E-state index contributed by atoms with van der Waals surface area (Å²) in [5.41, 5.74) is -1.74. The summed E-state index contributed by atoms with van der Waals surface area (Å²) in [5.74, 6) is -2.66. The van der Waals surface area contributed by atoms with Crippen LogP contribution in [0.4, 0.5) is 0 Å². The molecule has 1 aliphatic rings. The minimum atomic E-state index is -2.73. The van der Waals surface area contributed by atoms with Crippen LogP contribution in [0.25, 0.3) is 0 Å². The molecule has 6 nitrogen and oxygen atoms in total. The highest BCUT2D eigenvalue weighted by Gasteiger charge is 2.66. The minimum absolute atomic E-state index is 0.870. The summed E-state index contributed by atoms with van der Waals surface area (Å²) in [6.07, 6.45) is 0. The molecule has 18 heavy (non-hydrogen) atoms. The molecule has 0 amide bonds. The Balaban J connectivity index is 3.86. The fourth-order valence-electron chi connectivity index (χ4n) is 1.35. The van der Waals surface area contributed by atoms with Crippen molar-refractivity contribution in [1.82, 2.24) is 0 Å². The lowest BCUT2D eigenvalue weighted by Crippen LogP contribution is -2.59. The largest absolute Gasteiger partial charge is 0.290 e. The number of carbonyl (C=O) groups excluding carboxylic acids is 2. The Kier molecular flexibility index (Phi) is 3.14. The molecular weight excluding hydrogens is 279 g/mol. The SMILES string of the molecule is N#CC1=C(C#N)C(=O)C(Cl)(C#N)C(Cl)(C#N)C1=O. The van der Waals surface area contributed by atoms with E-state index in [9.17, 15) is 9.59 Å². The Morgan fingerprint density at radius 1 is 0.778 bits per heavy atom. The van der Waals surface area contributed by atoms with Crippen molar-refractivity contribution < 1.29 is 9.59 Å². The van der Waals surface area contributed by atoms with Crippen LogP contribution in [0.5, 0.6) is 0 Å². The zero-order valence-corrected chi connectivity index (χ0v) is 9.87. The molecule has 2 atom stereocenters. The van der Waals surface area contributed by atoms with Crippen LogP contribution in [0.3, 0.4) is 0 Å². The van der Waals surface area contributed by atoms with Crippen LogP contribution in [0.2, 0.25) is 0 Å². The van der Waals surface area contributed by atoms with Gasteiger partial charge in [-0.15, -0.1) is 0 Å². The van der Waals surface area contributed by atoms with Gasteiger partial charge in [0, 0.05) is 0 Å². The minimum Gasteiger partial charge on any atom is -0.290 e. The predicted molar refractivity (Wildman–Crippen MR) is 56.7 cm³/mol. The first-order chi connectivity index (χ1) is 8.33. The van der Waals surface area contributed by atoms with E-state index in [0.29, 0.717) is 0 Å². The second-order valence-electron chi connectivity index (χ2n) is 3.17. The van der Waals surface area contributed by atoms with Gasteiger partial charge in [0.05, 0.1) is 12.1 Å². The van der Waals surface area contributed by atoms with Crippen LogP contribution in [0, 0.1) is 45.3 Å². The summed E-state index contributed by atoms with van der Waals surface area (Å²) in [4.78, 5) is 18.2. The van der Waals surface area contributed by atoms with Crippen LogP contribution in [-0.4, -0.2) is 21.3 Å². The van der Waals surface area contributed by atoms with Gasteiger partial charge in [-0.3, -0.25) is 9.59 Å². The van der Waals surface area contributed by atoms with Crippen molar-refractivity contribution in [1.29, 1.82) is 21.0 Å². The molecule has 0 aliphatic heterocycles. The fourth-order valence-corrected chi connectivity index (χ4v) is 1.80. The molecule has 0 bridgehead atoms. The van der Waals surface area contributed by atoms with Crippen LogP contribution >= 0.6 is 23.2 Å². The number of nitrogens with zero attached hydrogens (tertiary/aromatic N) is 4. The summed E-state index contributed by atoms with van der Waals surface area (Å²) in [7, 11) is 0. The van der Waals surface area contributed by atoms with Gasteiger partial charge < -0.3 is 0 Å². The van der Waals surface area contributed by atoms with Gasteiger partial charge in [-0.1, -0.05) is 23.2 Å². The number of hydrogen-bond acceptors (Lipinski definition) is 6. The number of halogens is 2. The summed E-state index contributed by atoms with van der Waals surface area (Å²) >= 11 is 11.3. The zero-order chi connectivity index (χ0) is 14.1. The van der Waals surface area contributed by atoms with E-state index in [0.717, 1.165) is 0 Å². The number of ketones is 2. The van der Waals surface area contributed by atoms with Gasteiger partial charge >= 0.3 is 0 Å². The van der Waals surface area contributed by atoms with Crippen molar-refractivity contribution in [3.05, 3.63) is 11.1 Å². The van der Waals surface area contributed by atoms with E-state index in [1.165, 1.54) is 24.3 Å². The number of allylic oxidation sites excluding steroid dienone is 2. The molecule has 2 unspecified atom stereocenters. The summed E-state index contributed by atoms with van der Waals surface area (Å²) in [6.45, 7) is 0. The Morgan fingerprint density at radius 3 is 1.22 bits per heavy atom. The van der Waals surface area contributed by atoms with Crippen LogP contribution in [0.1, 0.15) is 0 Å². The van der Waals surface area contributed by atoms with E-state index in [2.05, 4.69) is 0 Å². The maximum atomic E-state index is 11.8. The quantitative estimate of drug-likeness (QED) is 0.593. The molecule has 1 rings (SSSR count). The molecule has 0 aromatic heterocycles. The number of hydrogen-bond donors (Lipinski definition) is 0. The normalized spacial score (nSPS) is 31.0. The Labute approximate surface area is 111 Å². The van der Waals surface area contributed by atoms with Gasteiger partial charge in [-0.25, -0.2) is 0 Å². The van der Waals surface area contributed by atoms with Crippen molar-refractivity contribution >= 4 is 34.8 Å². The summed E-state index contributed by atoms with van der Waals surface area (Å²) < 4.78 is 0. The van der Waals surface area contributed by atoms with E-state index < -0.39 is 32.5 Å². The molecule has 0 saturated heterocycles. The van der Waals surface area contributed by atoms with Crippen molar-refractivity contribution in [3.8, 4) is 24.3 Å². The number of nitriles is 4. The first-order valence-electron chi connectivity index (χ1n) is 4.18. The van der Waals surface area contributed by atoms with Crippen molar-refractivity contribution in [3.63, 3.8) is 0 Å². The number of rotatable bonds is 0. The van der Waals surface area contributed by atoms with Crippen LogP contribution < -0.4 is 0 Å². The summed E-state index contributed by atoms with van der Waals surface area (Å²) in [5, 5.41) is 35.2. The number of alkyl halides is 2. The number of Topliss-reactive ketones (excluding diaryl/α,β-unsaturated/α-hetero) is 2. The molecule has 0 fully saturated rings. The first kappa shape index (κ1) is 13.7. The smallest absolute Gasteiger partial charge is 0.233 e. The molecule has 0 aromatic rings. The van der Waals surface area contributed by atoms with E-state index in [1.54, 1.807) is 0 Å². The number of carbonyl (C=O) groups is 2. The molecule has 86 valence electrons. The Hall–Kier alpha value is -2.38. The van der Waals surface area contributed by atoms with Gasteiger partial charge in [-0.05, 0) is 0 Å². The van der Waals surface area contributed by atoms with E-state index in [1.807, 2.05) is 0 Å². The lowest BCUT2D eigenvalue weighted by Gasteiger charge is -2.32. The van der Waals surface area contributed by atoms with Crippen LogP contribution in [0.15, 0.2) is 11.1 Å². The molecule has 8 heteroatoms. The first-order valence-corrected chi connectivity index (χ1v) is 4.94. The lowest BCUT2D eigenvalue weighted by atomic mass is 9.74. The second kappa shape index (κ2) is 4.13. The van der Waals surface area contributed by atoms with Crippen molar-refractivity contribution in [2.24, 2.45) is 0 Å². The molecule has 0 saturated carbocycles. The van der Waals surface area contributed by atoms with Crippen molar-refractivity contribution in [2.45, 2.75) is 9.75 Å². The molecule has 1 aliphatic carbocycles. The topological polar surface area (TPSA) is 129 Å². The fraction of sp³-hybridized carbons (Fsp3) is 0.200. The average Bonchev–Trinajstić information content (AvgIpc) is 2.39. The molecular formula is C10Cl2N4O2. The monoisotopic (exact) mass is 278 g/mol. The lowest BCUT2D eigenvalue weighted by molar-refractivity contribution is -0.124. The zero-order valence-electron chi connectivity index (χ0n) is 8.36. The highest BCUT2D eigenvalue weighted by Crippen LogP contribution is 2.43. The third kappa shape index (κ3) is 1.31. The van der Waals surface area contributed by atoms with E-state index in [-0.39, 0.29) is 0 Å². The Morgan fingerprint density at radius 2 is 1.06 bits per heavy atom. The Bertz CT molecular complexity index is 612. The molecule has 0 radical (unpaired) electrons. The average molecular weight is 279 g/mol. The predicted octanol–water partition coefficient (Wildman–Crippen LogP) is 0.484. The third-order valence-corrected chi connectivity index (χ3v) is 3.51. The van der Waals surface area contributed by atoms with Gasteiger partial charge in [0.1, 0.15) is 23.3 Å². The summed E-state index contributed by atoms with van der Waals surface area (Å²) in [6, 6.07) is 5.15. The molecule has 0 aromatic carbocycles. The molecule has 0 N–H and O–H groups in total. The maximum absolute atomic E-state index is 11.8. The molecule has 0 heterocycles. The van der Waals surface area contributed by atoms with Gasteiger partial charge in [0.2, 0.25) is 21.3 Å². The molecule has 0 spiro atoms. The highest BCUT2D eigenvalue weighted by molar-refractivity contribution is 6.57. The van der Waals surface area contributed by atoms with Gasteiger partial charge in [-0.2, -0.15) is 21.0 Å². The highest BCUT2D eigenvalue weighted by atomic mass is 35.5.